The van der Waals surface area contributed by atoms with Crippen LogP contribution in [0.4, 0.5) is 0 Å². The van der Waals surface area contributed by atoms with Gasteiger partial charge in [0.15, 0.2) is 11.5 Å². The molecule has 0 spiro atoms. The Morgan fingerprint density at radius 3 is 2.79 bits per heavy atom. The monoisotopic (exact) mass is 391 g/mol. The van der Waals surface area contributed by atoms with Gasteiger partial charge in [-0.3, -0.25) is 4.79 Å². The number of rotatable bonds is 8. The van der Waals surface area contributed by atoms with Gasteiger partial charge >= 0.3 is 0 Å². The van der Waals surface area contributed by atoms with Crippen molar-refractivity contribution in [3.8, 4) is 28.4 Å². The lowest BCUT2D eigenvalue weighted by Gasteiger charge is -2.05. The van der Waals surface area contributed by atoms with Crippen LogP contribution in [0, 0.1) is 0 Å². The summed E-state index contributed by atoms with van der Waals surface area (Å²) in [4.78, 5) is 12.2. The van der Waals surface area contributed by atoms with E-state index < -0.39 is 0 Å². The predicted octanol–water partition coefficient (Wildman–Crippen LogP) is 4.12. The Labute approximate surface area is 170 Å². The van der Waals surface area contributed by atoms with E-state index in [0.29, 0.717) is 12.8 Å². The molecule has 0 unspecified atom stereocenters. The number of hydrogen-bond acceptors (Lipinski definition) is 4. The zero-order valence-corrected chi connectivity index (χ0v) is 16.6. The van der Waals surface area contributed by atoms with Crippen LogP contribution >= 0.6 is 0 Å². The average Bonchev–Trinajstić information content (AvgIpc) is 3.39. The first-order chi connectivity index (χ1) is 14.2. The molecule has 6 nitrogen and oxygen atoms in total. The molecular weight excluding hydrogens is 366 g/mol. The molecule has 1 aromatic heterocycles. The number of para-hydroxylation sites is 1. The maximum absolute atomic E-state index is 12.2. The highest BCUT2D eigenvalue weighted by atomic mass is 16.7. The van der Waals surface area contributed by atoms with Crippen LogP contribution in [0.25, 0.3) is 16.9 Å². The third-order valence-electron chi connectivity index (χ3n) is 4.93. The summed E-state index contributed by atoms with van der Waals surface area (Å²) in [6.45, 7) is 3.08. The predicted molar refractivity (Wildman–Crippen MR) is 111 cm³/mol. The highest BCUT2D eigenvalue weighted by Crippen LogP contribution is 2.36. The molecule has 1 N–H and O–H groups in total. The summed E-state index contributed by atoms with van der Waals surface area (Å²) in [7, 11) is 0. The number of carbonyl (C=O) groups is 1. The zero-order valence-electron chi connectivity index (χ0n) is 16.6. The normalized spacial score (nSPS) is 12.2. The molecule has 2 heterocycles. The van der Waals surface area contributed by atoms with Crippen molar-refractivity contribution in [3.63, 3.8) is 0 Å². The topological polar surface area (TPSA) is 65.4 Å². The first-order valence-electron chi connectivity index (χ1n) is 10.1. The Morgan fingerprint density at radius 1 is 1.14 bits per heavy atom. The number of nitrogens with zero attached hydrogens (tertiary/aromatic N) is 2. The minimum Gasteiger partial charge on any atom is -0.454 e. The van der Waals surface area contributed by atoms with Gasteiger partial charge in [0.25, 0.3) is 0 Å². The minimum atomic E-state index is 0.0718. The number of aryl methyl sites for hydroxylation is 1. The summed E-state index contributed by atoms with van der Waals surface area (Å²) in [5.74, 6) is 1.54. The molecule has 1 aliphatic rings. The van der Waals surface area contributed by atoms with Gasteiger partial charge in [0, 0.05) is 24.7 Å². The molecule has 150 valence electrons. The Morgan fingerprint density at radius 2 is 1.97 bits per heavy atom. The number of amides is 1. The molecule has 4 rings (SSSR count). The Balaban J connectivity index is 1.60. The van der Waals surface area contributed by atoms with E-state index in [-0.39, 0.29) is 12.7 Å². The van der Waals surface area contributed by atoms with Crippen molar-refractivity contribution < 1.29 is 14.3 Å². The molecule has 1 amide bonds. The molecule has 0 saturated heterocycles. The van der Waals surface area contributed by atoms with Gasteiger partial charge in [-0.1, -0.05) is 31.5 Å². The number of unbranched alkanes of at least 4 members (excludes halogenated alkanes) is 1. The second-order valence-corrected chi connectivity index (χ2v) is 7.05. The van der Waals surface area contributed by atoms with Crippen molar-refractivity contribution in [1.82, 2.24) is 15.1 Å². The standard InChI is InChI=1S/C23H25N3O3/c1-2-3-13-24-22(27)12-10-18-15-26(19-7-5-4-6-8-19)25-23(18)17-9-11-20-21(14-17)29-16-28-20/h4-9,11,14-15H,2-3,10,12-13,16H2,1H3,(H,24,27). The SMILES string of the molecule is CCCCNC(=O)CCc1cn(-c2ccccc2)nc1-c1ccc2c(c1)OCO2. The fraction of sp³-hybridized carbons (Fsp3) is 0.304. The average molecular weight is 391 g/mol. The van der Waals surface area contributed by atoms with E-state index in [1.165, 1.54) is 0 Å². The number of aromatic nitrogens is 2. The number of benzene rings is 2. The number of fused-ring (bicyclic) bond motifs is 1. The number of hydrogen-bond donors (Lipinski definition) is 1. The molecule has 0 saturated carbocycles. The Bertz CT molecular complexity index is 982. The Hall–Kier alpha value is -3.28. The van der Waals surface area contributed by atoms with Crippen LogP contribution in [-0.4, -0.2) is 29.0 Å². The first-order valence-corrected chi connectivity index (χ1v) is 10.1. The van der Waals surface area contributed by atoms with Crippen LogP contribution in [0.15, 0.2) is 54.7 Å². The van der Waals surface area contributed by atoms with E-state index in [1.54, 1.807) is 0 Å². The van der Waals surface area contributed by atoms with E-state index >= 15 is 0 Å². The highest BCUT2D eigenvalue weighted by molar-refractivity contribution is 5.76. The van der Waals surface area contributed by atoms with Crippen molar-refractivity contribution in [1.29, 1.82) is 0 Å². The lowest BCUT2D eigenvalue weighted by Crippen LogP contribution is -2.24. The maximum Gasteiger partial charge on any atom is 0.231 e. The molecule has 1 aliphatic heterocycles. The minimum absolute atomic E-state index is 0.0718. The van der Waals surface area contributed by atoms with Crippen LogP contribution in [0.5, 0.6) is 11.5 Å². The van der Waals surface area contributed by atoms with Crippen molar-refractivity contribution >= 4 is 5.91 Å². The van der Waals surface area contributed by atoms with Crippen LogP contribution in [0.2, 0.25) is 0 Å². The van der Waals surface area contributed by atoms with Gasteiger partial charge in [-0.25, -0.2) is 4.68 Å². The lowest BCUT2D eigenvalue weighted by atomic mass is 10.0. The van der Waals surface area contributed by atoms with Gasteiger partial charge < -0.3 is 14.8 Å². The number of carbonyl (C=O) groups excluding carboxylic acids is 1. The number of nitrogens with one attached hydrogen (secondary N) is 1. The fourth-order valence-corrected chi connectivity index (χ4v) is 3.33. The molecule has 3 aromatic rings. The quantitative estimate of drug-likeness (QED) is 0.587. The van der Waals surface area contributed by atoms with E-state index in [4.69, 9.17) is 14.6 Å². The van der Waals surface area contributed by atoms with Crippen LogP contribution in [0.1, 0.15) is 31.7 Å². The fourth-order valence-electron chi connectivity index (χ4n) is 3.33. The molecule has 0 fully saturated rings. The van der Waals surface area contributed by atoms with Crippen molar-refractivity contribution in [3.05, 3.63) is 60.3 Å². The van der Waals surface area contributed by atoms with Crippen LogP contribution < -0.4 is 14.8 Å². The molecular formula is C23H25N3O3. The van der Waals surface area contributed by atoms with Crippen molar-refractivity contribution in [2.75, 3.05) is 13.3 Å². The zero-order chi connectivity index (χ0) is 20.1. The summed E-state index contributed by atoms with van der Waals surface area (Å²) in [5.41, 5.74) is 3.81. The van der Waals surface area contributed by atoms with Crippen molar-refractivity contribution in [2.24, 2.45) is 0 Å². The van der Waals surface area contributed by atoms with E-state index in [9.17, 15) is 4.79 Å². The second-order valence-electron chi connectivity index (χ2n) is 7.05. The van der Waals surface area contributed by atoms with Crippen LogP contribution in [0.3, 0.4) is 0 Å². The molecule has 29 heavy (non-hydrogen) atoms. The van der Waals surface area contributed by atoms with Gasteiger partial charge in [-0.15, -0.1) is 0 Å². The van der Waals surface area contributed by atoms with Crippen molar-refractivity contribution in [2.45, 2.75) is 32.6 Å². The molecule has 0 bridgehead atoms. The molecule has 0 atom stereocenters. The van der Waals surface area contributed by atoms with Crippen LogP contribution in [-0.2, 0) is 11.2 Å². The largest absolute Gasteiger partial charge is 0.454 e. The van der Waals surface area contributed by atoms with Gasteiger partial charge in [-0.2, -0.15) is 5.10 Å². The third-order valence-corrected chi connectivity index (χ3v) is 4.93. The third kappa shape index (κ3) is 4.42. The van der Waals surface area contributed by atoms with E-state index in [0.717, 1.165) is 53.4 Å². The molecule has 2 aromatic carbocycles. The van der Waals surface area contributed by atoms with Gasteiger partial charge in [-0.05, 0) is 48.7 Å². The highest BCUT2D eigenvalue weighted by Gasteiger charge is 2.18. The summed E-state index contributed by atoms with van der Waals surface area (Å²) in [6.07, 6.45) is 5.13. The first kappa shape index (κ1) is 19.1. The van der Waals surface area contributed by atoms with Gasteiger partial charge in [0.1, 0.15) is 0 Å². The van der Waals surface area contributed by atoms with Gasteiger partial charge in [0.05, 0.1) is 11.4 Å². The maximum atomic E-state index is 12.2. The molecule has 0 radical (unpaired) electrons. The number of ether oxygens (including phenoxy) is 2. The second kappa shape index (κ2) is 8.82. The smallest absolute Gasteiger partial charge is 0.231 e. The summed E-state index contributed by atoms with van der Waals surface area (Å²) < 4.78 is 12.8. The van der Waals surface area contributed by atoms with E-state index in [2.05, 4.69) is 12.2 Å². The lowest BCUT2D eigenvalue weighted by molar-refractivity contribution is -0.121. The summed E-state index contributed by atoms with van der Waals surface area (Å²) in [5, 5.41) is 7.80. The summed E-state index contributed by atoms with van der Waals surface area (Å²) in [6, 6.07) is 15.8. The van der Waals surface area contributed by atoms with Gasteiger partial charge in [0.2, 0.25) is 12.7 Å². The Kier molecular flexibility index (Phi) is 5.79. The molecule has 6 heteroatoms. The molecule has 0 aliphatic carbocycles. The van der Waals surface area contributed by atoms with E-state index in [1.807, 2.05) is 59.4 Å². The summed E-state index contributed by atoms with van der Waals surface area (Å²) >= 11 is 0.